The molecule has 0 amide bonds. The highest BCUT2D eigenvalue weighted by Crippen LogP contribution is 2.30. The molecule has 0 aliphatic heterocycles. The Hall–Kier alpha value is -2.67. The van der Waals surface area contributed by atoms with Crippen LogP contribution >= 0.6 is 15.9 Å². The lowest BCUT2D eigenvalue weighted by molar-refractivity contribution is 0.310. The van der Waals surface area contributed by atoms with Gasteiger partial charge in [0.25, 0.3) is 5.56 Å². The lowest BCUT2D eigenvalue weighted by atomic mass is 10.2. The normalized spacial score (nSPS) is 11.2. The number of methoxy groups -OCH3 is 1. The molecule has 0 unspecified atom stereocenters. The monoisotopic (exact) mass is 415 g/mol. The molecule has 0 N–H and O–H groups in total. The van der Waals surface area contributed by atoms with Gasteiger partial charge in [0, 0.05) is 10.0 Å². The molecular formula is C19H18BrN3O3. The molecule has 1 aromatic heterocycles. The summed E-state index contributed by atoms with van der Waals surface area (Å²) in [6, 6.07) is 10.9. The van der Waals surface area contributed by atoms with Gasteiger partial charge in [0.05, 0.1) is 30.8 Å². The smallest absolute Gasteiger partial charge is 0.282 e. The fraction of sp³-hybridized carbons (Fsp3) is 0.211. The number of rotatable bonds is 5. The highest BCUT2D eigenvalue weighted by molar-refractivity contribution is 9.10. The Labute approximate surface area is 159 Å². The summed E-state index contributed by atoms with van der Waals surface area (Å²) in [6.45, 7) is 4.13. The van der Waals surface area contributed by atoms with E-state index in [-0.39, 0.29) is 5.56 Å². The van der Waals surface area contributed by atoms with E-state index in [1.165, 1.54) is 4.68 Å². The maximum atomic E-state index is 12.8. The maximum Gasteiger partial charge on any atom is 0.282 e. The van der Waals surface area contributed by atoms with Gasteiger partial charge in [-0.25, -0.2) is 4.98 Å². The number of hydrogen-bond donors (Lipinski definition) is 0. The SMILES string of the molecule is CCOc1c(C=Nn2c(C)nc3ccc(Br)cc3c2=O)cccc1OC. The Morgan fingerprint density at radius 1 is 1.31 bits per heavy atom. The van der Waals surface area contributed by atoms with Crippen LogP contribution in [0.25, 0.3) is 10.9 Å². The number of ether oxygens (including phenoxy) is 2. The average molecular weight is 416 g/mol. The minimum Gasteiger partial charge on any atom is -0.493 e. The summed E-state index contributed by atoms with van der Waals surface area (Å²) in [5.74, 6) is 1.70. The van der Waals surface area contributed by atoms with E-state index < -0.39 is 0 Å². The fourth-order valence-corrected chi connectivity index (χ4v) is 2.97. The summed E-state index contributed by atoms with van der Waals surface area (Å²) in [5.41, 5.74) is 1.12. The summed E-state index contributed by atoms with van der Waals surface area (Å²) in [4.78, 5) is 17.2. The first-order valence-corrected chi connectivity index (χ1v) is 8.87. The van der Waals surface area contributed by atoms with Gasteiger partial charge in [-0.05, 0) is 44.2 Å². The van der Waals surface area contributed by atoms with Crippen molar-refractivity contribution in [3.8, 4) is 11.5 Å². The van der Waals surface area contributed by atoms with E-state index in [4.69, 9.17) is 9.47 Å². The second-order valence-electron chi connectivity index (χ2n) is 5.49. The molecule has 6 nitrogen and oxygen atoms in total. The van der Waals surface area contributed by atoms with Gasteiger partial charge >= 0.3 is 0 Å². The number of fused-ring (bicyclic) bond motifs is 1. The molecule has 7 heteroatoms. The predicted octanol–water partition coefficient (Wildman–Crippen LogP) is 3.76. The third-order valence-corrected chi connectivity index (χ3v) is 4.29. The van der Waals surface area contributed by atoms with Gasteiger partial charge in [0.2, 0.25) is 0 Å². The zero-order chi connectivity index (χ0) is 18.7. The molecule has 0 aliphatic rings. The van der Waals surface area contributed by atoms with E-state index in [0.29, 0.717) is 40.4 Å². The quantitative estimate of drug-likeness (QED) is 0.595. The van der Waals surface area contributed by atoms with E-state index in [2.05, 4.69) is 26.0 Å². The predicted molar refractivity (Wildman–Crippen MR) is 106 cm³/mol. The largest absolute Gasteiger partial charge is 0.493 e. The van der Waals surface area contributed by atoms with Crippen LogP contribution in [0.1, 0.15) is 18.3 Å². The van der Waals surface area contributed by atoms with Crippen molar-refractivity contribution in [3.63, 3.8) is 0 Å². The first-order chi connectivity index (χ1) is 12.5. The van der Waals surface area contributed by atoms with Crippen molar-refractivity contribution in [3.05, 3.63) is 62.6 Å². The van der Waals surface area contributed by atoms with Crippen LogP contribution in [0.15, 0.2) is 50.8 Å². The van der Waals surface area contributed by atoms with Crippen molar-refractivity contribution in [1.29, 1.82) is 0 Å². The molecular weight excluding hydrogens is 398 g/mol. The molecule has 0 radical (unpaired) electrons. The number of aromatic nitrogens is 2. The molecule has 26 heavy (non-hydrogen) atoms. The number of nitrogens with zero attached hydrogens (tertiary/aromatic N) is 3. The summed E-state index contributed by atoms with van der Waals surface area (Å²) in [7, 11) is 1.58. The highest BCUT2D eigenvalue weighted by Gasteiger charge is 2.10. The number of benzene rings is 2. The molecule has 0 atom stereocenters. The lowest BCUT2D eigenvalue weighted by Gasteiger charge is -2.11. The van der Waals surface area contributed by atoms with Gasteiger partial charge in [0.1, 0.15) is 5.82 Å². The highest BCUT2D eigenvalue weighted by atomic mass is 79.9. The van der Waals surface area contributed by atoms with Gasteiger partial charge in [-0.3, -0.25) is 4.79 Å². The van der Waals surface area contributed by atoms with Gasteiger partial charge < -0.3 is 9.47 Å². The second kappa shape index (κ2) is 7.70. The van der Waals surface area contributed by atoms with Crippen molar-refractivity contribution in [2.24, 2.45) is 5.10 Å². The fourth-order valence-electron chi connectivity index (χ4n) is 2.61. The first kappa shape index (κ1) is 18.1. The van der Waals surface area contributed by atoms with E-state index in [1.807, 2.05) is 31.2 Å². The Balaban J connectivity index is 2.11. The minimum absolute atomic E-state index is 0.231. The topological polar surface area (TPSA) is 65.7 Å². The van der Waals surface area contributed by atoms with Crippen LogP contribution in [-0.4, -0.2) is 29.6 Å². The molecule has 0 saturated heterocycles. The maximum absolute atomic E-state index is 12.8. The Morgan fingerprint density at radius 3 is 2.85 bits per heavy atom. The molecule has 134 valence electrons. The molecule has 0 aliphatic carbocycles. The first-order valence-electron chi connectivity index (χ1n) is 8.08. The molecule has 0 saturated carbocycles. The standard InChI is InChI=1S/C19H18BrN3O3/c1-4-26-18-13(6-5-7-17(18)25-3)11-21-23-12(2)22-16-9-8-14(20)10-15(16)19(23)24/h5-11H,4H2,1-3H3. The third kappa shape index (κ3) is 3.48. The molecule has 2 aromatic carbocycles. The molecule has 0 fully saturated rings. The summed E-state index contributed by atoms with van der Waals surface area (Å²) in [5, 5.41) is 4.84. The Morgan fingerprint density at radius 2 is 2.12 bits per heavy atom. The molecule has 0 bridgehead atoms. The van der Waals surface area contributed by atoms with E-state index in [9.17, 15) is 4.79 Å². The Kier molecular flexibility index (Phi) is 5.37. The summed E-state index contributed by atoms with van der Waals surface area (Å²) in [6.07, 6.45) is 1.58. The number of aryl methyl sites for hydroxylation is 1. The number of para-hydroxylation sites is 1. The van der Waals surface area contributed by atoms with Crippen LogP contribution in [0, 0.1) is 6.92 Å². The molecule has 3 aromatic rings. The summed E-state index contributed by atoms with van der Waals surface area (Å²) >= 11 is 3.38. The van der Waals surface area contributed by atoms with E-state index in [1.54, 1.807) is 32.4 Å². The van der Waals surface area contributed by atoms with Crippen LogP contribution in [0.3, 0.4) is 0 Å². The van der Waals surface area contributed by atoms with Gasteiger partial charge in [-0.15, -0.1) is 0 Å². The Bertz CT molecular complexity index is 1040. The van der Waals surface area contributed by atoms with Crippen LogP contribution < -0.4 is 15.0 Å². The van der Waals surface area contributed by atoms with Gasteiger partial charge in [-0.1, -0.05) is 22.0 Å². The van der Waals surface area contributed by atoms with Gasteiger partial charge in [0.15, 0.2) is 11.5 Å². The van der Waals surface area contributed by atoms with Crippen LogP contribution in [0.2, 0.25) is 0 Å². The van der Waals surface area contributed by atoms with E-state index in [0.717, 1.165) is 4.47 Å². The number of halogens is 1. The van der Waals surface area contributed by atoms with Crippen LogP contribution in [0.4, 0.5) is 0 Å². The number of hydrogen-bond acceptors (Lipinski definition) is 5. The zero-order valence-electron chi connectivity index (χ0n) is 14.7. The van der Waals surface area contributed by atoms with Crippen molar-refractivity contribution in [2.75, 3.05) is 13.7 Å². The summed E-state index contributed by atoms with van der Waals surface area (Å²) < 4.78 is 13.1. The average Bonchev–Trinajstić information content (AvgIpc) is 2.63. The van der Waals surface area contributed by atoms with Crippen molar-refractivity contribution >= 4 is 33.0 Å². The molecule has 0 spiro atoms. The van der Waals surface area contributed by atoms with E-state index >= 15 is 0 Å². The van der Waals surface area contributed by atoms with Crippen LogP contribution in [0.5, 0.6) is 11.5 Å². The minimum atomic E-state index is -0.231. The van der Waals surface area contributed by atoms with Crippen LogP contribution in [-0.2, 0) is 0 Å². The lowest BCUT2D eigenvalue weighted by Crippen LogP contribution is -2.20. The molecule has 1 heterocycles. The third-order valence-electron chi connectivity index (χ3n) is 3.80. The second-order valence-corrected chi connectivity index (χ2v) is 6.41. The molecule has 3 rings (SSSR count). The van der Waals surface area contributed by atoms with Gasteiger partial charge in [-0.2, -0.15) is 9.78 Å². The zero-order valence-corrected chi connectivity index (χ0v) is 16.3. The van der Waals surface area contributed by atoms with Crippen molar-refractivity contribution < 1.29 is 9.47 Å². The van der Waals surface area contributed by atoms with Crippen molar-refractivity contribution in [1.82, 2.24) is 9.66 Å². The van der Waals surface area contributed by atoms with Crippen molar-refractivity contribution in [2.45, 2.75) is 13.8 Å².